The van der Waals surface area contributed by atoms with Crippen molar-refractivity contribution in [2.24, 2.45) is 5.73 Å². The number of nitrogens with two attached hydrogens (primary N) is 1. The van der Waals surface area contributed by atoms with Crippen LogP contribution in [0.4, 0.5) is 0 Å². The van der Waals surface area contributed by atoms with Crippen molar-refractivity contribution in [3.05, 3.63) is 34.9 Å². The van der Waals surface area contributed by atoms with E-state index in [1.165, 1.54) is 5.56 Å². The molecule has 0 saturated carbocycles. The molecule has 0 aromatic heterocycles. The summed E-state index contributed by atoms with van der Waals surface area (Å²) < 4.78 is 0. The highest BCUT2D eigenvalue weighted by molar-refractivity contribution is 6.30. The van der Waals surface area contributed by atoms with Crippen molar-refractivity contribution in [3.63, 3.8) is 0 Å². The van der Waals surface area contributed by atoms with Crippen LogP contribution in [0.5, 0.6) is 0 Å². The molecule has 0 bridgehead atoms. The van der Waals surface area contributed by atoms with Crippen LogP contribution in [-0.2, 0) is 6.42 Å². The maximum Gasteiger partial charge on any atom is 0.0408 e. The Bertz CT molecular complexity index is 285. The van der Waals surface area contributed by atoms with Crippen LogP contribution < -0.4 is 11.1 Å². The lowest BCUT2D eigenvalue weighted by atomic mass is 10.1. The zero-order valence-corrected chi connectivity index (χ0v) is 9.93. The first kappa shape index (κ1) is 12.5. The predicted molar refractivity (Wildman–Crippen MR) is 66.3 cm³/mol. The normalized spacial score (nSPS) is 12.7. The second kappa shape index (κ2) is 6.83. The molecule has 0 aliphatic heterocycles. The standard InChI is InChI=1S/C12H19ClN2/c1-2-12(9-14)15-7-6-10-4-3-5-11(13)8-10/h3-5,8,12,15H,2,6-7,9,14H2,1H3/t12-/m1/s1. The first-order valence-corrected chi connectivity index (χ1v) is 5.82. The minimum atomic E-state index is 0.434. The maximum absolute atomic E-state index is 5.90. The molecule has 0 unspecified atom stereocenters. The molecule has 0 heterocycles. The molecule has 1 atom stereocenters. The zero-order chi connectivity index (χ0) is 11.1. The van der Waals surface area contributed by atoms with Gasteiger partial charge in [-0.1, -0.05) is 30.7 Å². The van der Waals surface area contributed by atoms with Crippen molar-refractivity contribution in [1.29, 1.82) is 0 Å². The molecular weight excluding hydrogens is 208 g/mol. The minimum absolute atomic E-state index is 0.434. The largest absolute Gasteiger partial charge is 0.329 e. The molecule has 2 nitrogen and oxygen atoms in total. The maximum atomic E-state index is 5.90. The highest BCUT2D eigenvalue weighted by Gasteiger charge is 2.01. The van der Waals surface area contributed by atoms with E-state index < -0.39 is 0 Å². The highest BCUT2D eigenvalue weighted by atomic mass is 35.5. The number of hydrogen-bond donors (Lipinski definition) is 2. The Balaban J connectivity index is 2.31. The summed E-state index contributed by atoms with van der Waals surface area (Å²) in [4.78, 5) is 0. The van der Waals surface area contributed by atoms with Gasteiger partial charge in [0.1, 0.15) is 0 Å². The van der Waals surface area contributed by atoms with Crippen LogP contribution in [0.3, 0.4) is 0 Å². The van der Waals surface area contributed by atoms with Crippen molar-refractivity contribution in [3.8, 4) is 0 Å². The Morgan fingerprint density at radius 1 is 1.47 bits per heavy atom. The summed E-state index contributed by atoms with van der Waals surface area (Å²) in [6, 6.07) is 8.42. The molecule has 3 N–H and O–H groups in total. The first-order valence-electron chi connectivity index (χ1n) is 5.44. The van der Waals surface area contributed by atoms with E-state index >= 15 is 0 Å². The lowest BCUT2D eigenvalue weighted by Gasteiger charge is -2.14. The van der Waals surface area contributed by atoms with E-state index in [4.69, 9.17) is 17.3 Å². The average Bonchev–Trinajstić information content (AvgIpc) is 2.25. The van der Waals surface area contributed by atoms with Gasteiger partial charge in [0.2, 0.25) is 0 Å². The molecule has 0 radical (unpaired) electrons. The molecule has 0 saturated heterocycles. The molecule has 1 rings (SSSR count). The van der Waals surface area contributed by atoms with Crippen LogP contribution in [0.2, 0.25) is 5.02 Å². The van der Waals surface area contributed by atoms with Crippen molar-refractivity contribution in [2.75, 3.05) is 13.1 Å². The number of benzene rings is 1. The fourth-order valence-corrected chi connectivity index (χ4v) is 1.72. The summed E-state index contributed by atoms with van der Waals surface area (Å²) >= 11 is 5.90. The van der Waals surface area contributed by atoms with Gasteiger partial charge in [-0.15, -0.1) is 0 Å². The third-order valence-electron chi connectivity index (χ3n) is 2.51. The number of hydrogen-bond acceptors (Lipinski definition) is 2. The summed E-state index contributed by atoms with van der Waals surface area (Å²) in [7, 11) is 0. The van der Waals surface area contributed by atoms with Crippen molar-refractivity contribution < 1.29 is 0 Å². The molecule has 0 aliphatic rings. The highest BCUT2D eigenvalue weighted by Crippen LogP contribution is 2.10. The van der Waals surface area contributed by atoms with Gasteiger partial charge < -0.3 is 11.1 Å². The van der Waals surface area contributed by atoms with Gasteiger partial charge in [-0.25, -0.2) is 0 Å². The monoisotopic (exact) mass is 226 g/mol. The van der Waals surface area contributed by atoms with E-state index in [0.717, 1.165) is 24.4 Å². The molecule has 1 aromatic carbocycles. The summed E-state index contributed by atoms with van der Waals surface area (Å²) in [5, 5.41) is 4.22. The smallest absolute Gasteiger partial charge is 0.0408 e. The number of halogens is 1. The predicted octanol–water partition coefficient (Wildman–Crippen LogP) is 2.21. The number of rotatable bonds is 6. The zero-order valence-electron chi connectivity index (χ0n) is 9.17. The van der Waals surface area contributed by atoms with Gasteiger partial charge in [-0.3, -0.25) is 0 Å². The first-order chi connectivity index (χ1) is 7.26. The molecule has 84 valence electrons. The van der Waals surface area contributed by atoms with E-state index in [1.54, 1.807) is 0 Å². The summed E-state index contributed by atoms with van der Waals surface area (Å²) in [6.45, 7) is 3.80. The SMILES string of the molecule is CC[C@H](CN)NCCc1cccc(Cl)c1. The quantitative estimate of drug-likeness (QED) is 0.781. The molecule has 0 fully saturated rings. The Labute approximate surface area is 96.8 Å². The molecular formula is C12H19ClN2. The summed E-state index contributed by atoms with van der Waals surface area (Å²) in [5.74, 6) is 0. The van der Waals surface area contributed by atoms with Crippen LogP contribution in [0.15, 0.2) is 24.3 Å². The molecule has 0 spiro atoms. The second-order valence-electron chi connectivity index (χ2n) is 3.67. The third kappa shape index (κ3) is 4.65. The van der Waals surface area contributed by atoms with Gasteiger partial charge in [-0.05, 0) is 37.1 Å². The van der Waals surface area contributed by atoms with E-state index in [1.807, 2.05) is 18.2 Å². The van der Waals surface area contributed by atoms with Crippen molar-refractivity contribution >= 4 is 11.6 Å². The second-order valence-corrected chi connectivity index (χ2v) is 4.11. The molecule has 15 heavy (non-hydrogen) atoms. The Hall–Kier alpha value is -0.570. The Morgan fingerprint density at radius 2 is 2.27 bits per heavy atom. The van der Waals surface area contributed by atoms with Crippen LogP contribution in [0.1, 0.15) is 18.9 Å². The average molecular weight is 227 g/mol. The van der Waals surface area contributed by atoms with Gasteiger partial charge in [0.25, 0.3) is 0 Å². The lowest BCUT2D eigenvalue weighted by Crippen LogP contribution is -2.36. The van der Waals surface area contributed by atoms with Crippen LogP contribution >= 0.6 is 11.6 Å². The topological polar surface area (TPSA) is 38.0 Å². The molecule has 1 aromatic rings. The van der Waals surface area contributed by atoms with Gasteiger partial charge >= 0.3 is 0 Å². The third-order valence-corrected chi connectivity index (χ3v) is 2.75. The van der Waals surface area contributed by atoms with E-state index in [9.17, 15) is 0 Å². The van der Waals surface area contributed by atoms with Gasteiger partial charge in [0.15, 0.2) is 0 Å². The fourth-order valence-electron chi connectivity index (χ4n) is 1.51. The fraction of sp³-hybridized carbons (Fsp3) is 0.500. The van der Waals surface area contributed by atoms with Gasteiger partial charge in [-0.2, -0.15) is 0 Å². The molecule has 0 aliphatic carbocycles. The van der Waals surface area contributed by atoms with Crippen LogP contribution in [0.25, 0.3) is 0 Å². The Kier molecular flexibility index (Phi) is 5.69. The minimum Gasteiger partial charge on any atom is -0.329 e. The van der Waals surface area contributed by atoms with E-state index in [-0.39, 0.29) is 0 Å². The van der Waals surface area contributed by atoms with Gasteiger partial charge in [0.05, 0.1) is 0 Å². The number of nitrogens with one attached hydrogen (secondary N) is 1. The Morgan fingerprint density at radius 3 is 2.87 bits per heavy atom. The molecule has 0 amide bonds. The van der Waals surface area contributed by atoms with E-state index in [2.05, 4.69) is 18.3 Å². The lowest BCUT2D eigenvalue weighted by molar-refractivity contribution is 0.509. The molecule has 3 heteroatoms. The van der Waals surface area contributed by atoms with Crippen LogP contribution in [-0.4, -0.2) is 19.1 Å². The van der Waals surface area contributed by atoms with Gasteiger partial charge in [0, 0.05) is 17.6 Å². The summed E-state index contributed by atoms with van der Waals surface area (Å²) in [5.41, 5.74) is 6.87. The van der Waals surface area contributed by atoms with E-state index in [0.29, 0.717) is 12.6 Å². The summed E-state index contributed by atoms with van der Waals surface area (Å²) in [6.07, 6.45) is 2.07. The van der Waals surface area contributed by atoms with Crippen molar-refractivity contribution in [2.45, 2.75) is 25.8 Å². The van der Waals surface area contributed by atoms with Crippen LogP contribution in [0, 0.1) is 0 Å². The van der Waals surface area contributed by atoms with Crippen molar-refractivity contribution in [1.82, 2.24) is 5.32 Å².